The smallest absolute Gasteiger partial charge is 0.254 e. The molecule has 2 saturated carbocycles. The Morgan fingerprint density at radius 2 is 1.88 bits per heavy atom. The number of carbonyl (C=O) groups is 1. The van der Waals surface area contributed by atoms with Crippen molar-refractivity contribution >= 4 is 5.91 Å². The van der Waals surface area contributed by atoms with Gasteiger partial charge in [-0.1, -0.05) is 38.0 Å². The molecular formula is C27H30N4O. The molecule has 1 amide bonds. The summed E-state index contributed by atoms with van der Waals surface area (Å²) in [6, 6.07) is 10.9. The third kappa shape index (κ3) is 3.44. The van der Waals surface area contributed by atoms with E-state index in [9.17, 15) is 4.79 Å². The van der Waals surface area contributed by atoms with Crippen molar-refractivity contribution in [3.05, 3.63) is 59.5 Å². The van der Waals surface area contributed by atoms with E-state index in [-0.39, 0.29) is 5.91 Å². The molecule has 2 aromatic heterocycles. The van der Waals surface area contributed by atoms with Gasteiger partial charge < -0.3 is 4.90 Å². The van der Waals surface area contributed by atoms with Crippen molar-refractivity contribution in [2.24, 2.45) is 5.41 Å². The molecule has 0 spiro atoms. The Balaban J connectivity index is 1.35. The Morgan fingerprint density at radius 1 is 1.06 bits per heavy atom. The van der Waals surface area contributed by atoms with Crippen LogP contribution in [0.15, 0.2) is 42.7 Å². The predicted molar refractivity (Wildman–Crippen MR) is 125 cm³/mol. The number of hydrogen-bond acceptors (Lipinski definition) is 3. The second-order valence-corrected chi connectivity index (χ2v) is 10.3. The van der Waals surface area contributed by atoms with Crippen LogP contribution < -0.4 is 0 Å². The second-order valence-electron chi connectivity index (χ2n) is 10.3. The summed E-state index contributed by atoms with van der Waals surface area (Å²) in [6.45, 7) is 6.11. The van der Waals surface area contributed by atoms with Crippen LogP contribution in [0.4, 0.5) is 0 Å². The lowest BCUT2D eigenvalue weighted by molar-refractivity contribution is 0.0766. The highest BCUT2D eigenvalue weighted by molar-refractivity contribution is 6.00. The lowest BCUT2D eigenvalue weighted by Crippen LogP contribution is -2.25. The summed E-state index contributed by atoms with van der Waals surface area (Å²) in [5, 5.41) is 4.69. The number of benzene rings is 1. The summed E-state index contributed by atoms with van der Waals surface area (Å²) < 4.78 is 2.10. The number of aryl methyl sites for hydroxylation is 1. The van der Waals surface area contributed by atoms with Gasteiger partial charge in [-0.2, -0.15) is 5.10 Å². The lowest BCUT2D eigenvalue weighted by atomic mass is 9.89. The Morgan fingerprint density at radius 3 is 2.66 bits per heavy atom. The fourth-order valence-electron chi connectivity index (χ4n) is 5.53. The van der Waals surface area contributed by atoms with Crippen LogP contribution in [0.1, 0.15) is 67.1 Å². The number of fused-ring (bicyclic) bond motifs is 1. The number of aromatic nitrogens is 3. The second kappa shape index (κ2) is 7.29. The van der Waals surface area contributed by atoms with Gasteiger partial charge in [0.25, 0.3) is 5.91 Å². The summed E-state index contributed by atoms with van der Waals surface area (Å²) in [4.78, 5) is 19.9. The first kappa shape index (κ1) is 19.7. The van der Waals surface area contributed by atoms with E-state index >= 15 is 0 Å². The number of amides is 1. The molecule has 5 nitrogen and oxygen atoms in total. The molecule has 3 heterocycles. The van der Waals surface area contributed by atoms with E-state index in [1.54, 1.807) is 0 Å². The van der Waals surface area contributed by atoms with Gasteiger partial charge in [-0.25, -0.2) is 0 Å². The van der Waals surface area contributed by atoms with Crippen LogP contribution in [0, 0.1) is 12.3 Å². The van der Waals surface area contributed by atoms with Gasteiger partial charge in [0.1, 0.15) is 0 Å². The number of pyridine rings is 1. The zero-order valence-electron chi connectivity index (χ0n) is 19.0. The molecule has 0 unspecified atom stereocenters. The number of nitrogens with zero attached hydrogens (tertiary/aromatic N) is 4. The number of rotatable bonds is 5. The summed E-state index contributed by atoms with van der Waals surface area (Å²) in [7, 11) is 0. The fourth-order valence-corrected chi connectivity index (χ4v) is 5.53. The van der Waals surface area contributed by atoms with Crippen molar-refractivity contribution in [1.29, 1.82) is 0 Å². The first-order chi connectivity index (χ1) is 15.5. The van der Waals surface area contributed by atoms with Crippen LogP contribution >= 0.6 is 0 Å². The van der Waals surface area contributed by atoms with Crippen molar-refractivity contribution in [1.82, 2.24) is 19.7 Å². The number of hydrogen-bond donors (Lipinski definition) is 0. The molecule has 3 aromatic rings. The van der Waals surface area contributed by atoms with E-state index in [4.69, 9.17) is 10.1 Å². The molecule has 0 N–H and O–H groups in total. The molecular weight excluding hydrogens is 396 g/mol. The SMILES string of the molecule is Cc1ccc(-c2cnn(CC3(C)CCCC3)c2)c(-c2ccc3c(c2)C(=O)N(C2CC2)C3)n1. The highest BCUT2D eigenvalue weighted by Gasteiger charge is 2.38. The number of carbonyl (C=O) groups excluding carboxylic acids is 1. The molecule has 0 bridgehead atoms. The first-order valence-electron chi connectivity index (χ1n) is 11.9. The Bertz CT molecular complexity index is 1200. The normalized spacial score (nSPS) is 19.6. The maximum absolute atomic E-state index is 13.0. The molecule has 6 rings (SSSR count). The van der Waals surface area contributed by atoms with Gasteiger partial charge in [0, 0.05) is 53.3 Å². The van der Waals surface area contributed by atoms with Gasteiger partial charge in [-0.05, 0) is 55.7 Å². The standard InChI is InChI=1S/C27H30N4O/c1-18-5-10-23(21-14-28-30(15-21)17-27(2)11-3-4-12-27)25(29-18)19-6-7-20-16-31(22-8-9-22)26(32)24(20)13-19/h5-7,10,13-15,22H,3-4,8-9,11-12,16-17H2,1-2H3. The van der Waals surface area contributed by atoms with E-state index < -0.39 is 0 Å². The lowest BCUT2D eigenvalue weighted by Gasteiger charge is -2.22. The van der Waals surface area contributed by atoms with Crippen molar-refractivity contribution < 1.29 is 4.79 Å². The van der Waals surface area contributed by atoms with E-state index in [0.717, 1.165) is 65.1 Å². The van der Waals surface area contributed by atoms with Crippen LogP contribution in [0.25, 0.3) is 22.4 Å². The maximum atomic E-state index is 13.0. The van der Waals surface area contributed by atoms with Crippen molar-refractivity contribution in [2.45, 2.75) is 71.5 Å². The topological polar surface area (TPSA) is 51.0 Å². The van der Waals surface area contributed by atoms with E-state index in [1.165, 1.54) is 25.7 Å². The van der Waals surface area contributed by atoms with Gasteiger partial charge in [-0.3, -0.25) is 14.5 Å². The highest BCUT2D eigenvalue weighted by atomic mass is 16.2. The van der Waals surface area contributed by atoms with Crippen LogP contribution in [0.3, 0.4) is 0 Å². The minimum Gasteiger partial charge on any atom is -0.331 e. The fraction of sp³-hybridized carbons (Fsp3) is 0.444. The quantitative estimate of drug-likeness (QED) is 0.532. The van der Waals surface area contributed by atoms with Crippen LogP contribution in [-0.4, -0.2) is 31.6 Å². The molecule has 2 aliphatic carbocycles. The molecule has 1 aliphatic heterocycles. The first-order valence-corrected chi connectivity index (χ1v) is 11.9. The highest BCUT2D eigenvalue weighted by Crippen LogP contribution is 2.40. The molecule has 0 radical (unpaired) electrons. The summed E-state index contributed by atoms with van der Waals surface area (Å²) in [5.74, 6) is 0.177. The zero-order chi connectivity index (χ0) is 21.9. The molecule has 164 valence electrons. The molecule has 32 heavy (non-hydrogen) atoms. The van der Waals surface area contributed by atoms with Crippen LogP contribution in [0.5, 0.6) is 0 Å². The van der Waals surface area contributed by atoms with Crippen LogP contribution in [0.2, 0.25) is 0 Å². The van der Waals surface area contributed by atoms with Crippen LogP contribution in [-0.2, 0) is 13.1 Å². The average Bonchev–Trinajstić information content (AvgIpc) is 3.23. The molecule has 2 fully saturated rings. The van der Waals surface area contributed by atoms with E-state index in [2.05, 4.69) is 48.1 Å². The zero-order valence-corrected chi connectivity index (χ0v) is 19.0. The summed E-state index contributed by atoms with van der Waals surface area (Å²) in [6.07, 6.45) is 11.6. The minimum absolute atomic E-state index is 0.177. The minimum atomic E-state index is 0.177. The average molecular weight is 427 g/mol. The summed E-state index contributed by atoms with van der Waals surface area (Å²) >= 11 is 0. The van der Waals surface area contributed by atoms with Gasteiger partial charge in [-0.15, -0.1) is 0 Å². The maximum Gasteiger partial charge on any atom is 0.254 e. The van der Waals surface area contributed by atoms with E-state index in [1.807, 2.05) is 18.0 Å². The monoisotopic (exact) mass is 426 g/mol. The van der Waals surface area contributed by atoms with Gasteiger partial charge in [0.15, 0.2) is 0 Å². The molecule has 5 heteroatoms. The third-order valence-electron chi connectivity index (χ3n) is 7.54. The Labute approximate surface area is 189 Å². The molecule has 0 saturated heterocycles. The largest absolute Gasteiger partial charge is 0.331 e. The van der Waals surface area contributed by atoms with Gasteiger partial charge in [0.2, 0.25) is 0 Å². The molecule has 1 aromatic carbocycles. The van der Waals surface area contributed by atoms with Crippen molar-refractivity contribution in [2.75, 3.05) is 0 Å². The van der Waals surface area contributed by atoms with E-state index in [0.29, 0.717) is 11.5 Å². The van der Waals surface area contributed by atoms with Crippen molar-refractivity contribution in [3.8, 4) is 22.4 Å². The third-order valence-corrected chi connectivity index (χ3v) is 7.54. The Kier molecular flexibility index (Phi) is 4.49. The predicted octanol–water partition coefficient (Wildman–Crippen LogP) is 5.62. The van der Waals surface area contributed by atoms with Crippen molar-refractivity contribution in [3.63, 3.8) is 0 Å². The van der Waals surface area contributed by atoms with Gasteiger partial charge in [0.05, 0.1) is 11.9 Å². The molecule has 3 aliphatic rings. The Hall–Kier alpha value is -2.95. The summed E-state index contributed by atoms with van der Waals surface area (Å²) in [5.41, 5.74) is 7.39. The molecule has 0 atom stereocenters. The van der Waals surface area contributed by atoms with Gasteiger partial charge >= 0.3 is 0 Å².